The molecule has 0 bridgehead atoms. The Bertz CT molecular complexity index is 892. The highest BCUT2D eigenvalue weighted by molar-refractivity contribution is 7.69. The molecule has 25 heavy (non-hydrogen) atoms. The molecule has 0 saturated carbocycles. The third-order valence-electron chi connectivity index (χ3n) is 3.42. The second-order valence-electron chi connectivity index (χ2n) is 4.93. The first kappa shape index (κ1) is 17.1. The van der Waals surface area contributed by atoms with Crippen LogP contribution in [-0.4, -0.2) is 31.1 Å². The van der Waals surface area contributed by atoms with Gasteiger partial charge in [0.25, 0.3) is 5.91 Å². The van der Waals surface area contributed by atoms with Crippen LogP contribution in [0.3, 0.4) is 0 Å². The zero-order valence-electron chi connectivity index (χ0n) is 13.5. The summed E-state index contributed by atoms with van der Waals surface area (Å²) in [6.07, 6.45) is 0. The molecular weight excluding hydrogens is 348 g/mol. The van der Waals surface area contributed by atoms with Gasteiger partial charge in [0.05, 0.1) is 14.2 Å². The van der Waals surface area contributed by atoms with Crippen molar-refractivity contribution in [3.8, 4) is 17.2 Å². The Morgan fingerprint density at radius 1 is 1.16 bits per heavy atom. The van der Waals surface area contributed by atoms with E-state index in [4.69, 9.17) is 14.2 Å². The Kier molecular flexibility index (Phi) is 5.05. The van der Waals surface area contributed by atoms with E-state index in [2.05, 4.69) is 13.9 Å². The summed E-state index contributed by atoms with van der Waals surface area (Å²) < 4.78 is 35.7. The van der Waals surface area contributed by atoms with Crippen molar-refractivity contribution in [1.29, 1.82) is 0 Å². The molecular formula is C16H16N2O6S. The number of carbonyl (C=O) groups is 1. The lowest BCUT2D eigenvalue weighted by atomic mass is 10.1. The van der Waals surface area contributed by atoms with Gasteiger partial charge in [0.2, 0.25) is 6.79 Å². The lowest BCUT2D eigenvalue weighted by Crippen LogP contribution is -2.11. The largest absolute Gasteiger partial charge is 0.494 e. The fourth-order valence-electron chi connectivity index (χ4n) is 2.22. The van der Waals surface area contributed by atoms with Crippen LogP contribution < -0.4 is 19.5 Å². The van der Waals surface area contributed by atoms with Crippen molar-refractivity contribution in [2.24, 2.45) is 4.36 Å². The summed E-state index contributed by atoms with van der Waals surface area (Å²) in [4.78, 5) is 12.5. The molecule has 3 rings (SSSR count). The number of ether oxygens (including phenoxy) is 3. The summed E-state index contributed by atoms with van der Waals surface area (Å²) in [6, 6.07) is 9.74. The Labute approximate surface area is 146 Å². The average Bonchev–Trinajstić information content (AvgIpc) is 3.09. The quantitative estimate of drug-likeness (QED) is 0.792. The molecule has 1 atom stereocenters. The molecule has 1 N–H and O–H groups in total. The summed E-state index contributed by atoms with van der Waals surface area (Å²) in [5.74, 6) is 1.23. The van der Waals surface area contributed by atoms with Crippen molar-refractivity contribution < 1.29 is 27.4 Å². The van der Waals surface area contributed by atoms with E-state index in [0.717, 1.165) is 0 Å². The Morgan fingerprint density at radius 2 is 1.96 bits per heavy atom. The second-order valence-corrected chi connectivity index (χ2v) is 5.97. The Morgan fingerprint density at radius 3 is 2.72 bits per heavy atom. The normalized spacial score (nSPS) is 13.5. The van der Waals surface area contributed by atoms with Gasteiger partial charge in [0, 0.05) is 17.3 Å². The minimum Gasteiger partial charge on any atom is -0.494 e. The maximum Gasteiger partial charge on any atom is 0.255 e. The summed E-state index contributed by atoms with van der Waals surface area (Å²) in [7, 11) is 0.515. The topological polar surface area (TPSA) is 95.5 Å². The van der Waals surface area contributed by atoms with Crippen molar-refractivity contribution in [1.82, 2.24) is 0 Å². The molecule has 1 aliphatic heterocycles. The number of thiol groups is 1. The molecule has 8 nitrogen and oxygen atoms in total. The molecule has 2 aromatic rings. The second kappa shape index (κ2) is 7.41. The monoisotopic (exact) mass is 364 g/mol. The van der Waals surface area contributed by atoms with Gasteiger partial charge in [-0.15, -0.1) is 0 Å². The minimum atomic E-state index is -2.23. The molecule has 0 aromatic heterocycles. The van der Waals surface area contributed by atoms with Crippen LogP contribution >= 0.6 is 0 Å². The number of benzene rings is 2. The van der Waals surface area contributed by atoms with Crippen LogP contribution in [-0.2, 0) is 15.1 Å². The molecule has 0 fully saturated rings. The van der Waals surface area contributed by atoms with Crippen molar-refractivity contribution in [3.05, 3.63) is 42.0 Å². The number of amides is 1. The molecule has 2 aromatic carbocycles. The predicted molar refractivity (Wildman–Crippen MR) is 92.1 cm³/mol. The van der Waals surface area contributed by atoms with Gasteiger partial charge < -0.3 is 19.5 Å². The number of hydrogen-bond acceptors (Lipinski definition) is 7. The van der Waals surface area contributed by atoms with E-state index in [1.54, 1.807) is 30.3 Å². The Hall–Kier alpha value is -2.78. The van der Waals surface area contributed by atoms with Gasteiger partial charge >= 0.3 is 0 Å². The van der Waals surface area contributed by atoms with Crippen LogP contribution in [0.5, 0.6) is 17.2 Å². The number of hydrogen-bond donors (Lipinski definition) is 2. The van der Waals surface area contributed by atoms with Gasteiger partial charge in [0.15, 0.2) is 22.4 Å². The average molecular weight is 364 g/mol. The van der Waals surface area contributed by atoms with E-state index >= 15 is 0 Å². The van der Waals surface area contributed by atoms with Gasteiger partial charge in [-0.1, -0.05) is 0 Å². The maximum absolute atomic E-state index is 12.5. The molecule has 0 aliphatic carbocycles. The SMILES string of the molecule is COc1ccc(C(=O)Nc2ccc3c(c2)OCO3)cc1N=[SH](=O)OC. The first-order chi connectivity index (χ1) is 12.1. The van der Waals surface area contributed by atoms with Crippen LogP contribution in [0.1, 0.15) is 10.4 Å². The van der Waals surface area contributed by atoms with Gasteiger partial charge in [-0.25, -0.2) is 4.21 Å². The van der Waals surface area contributed by atoms with Crippen LogP contribution in [0.15, 0.2) is 40.8 Å². The lowest BCUT2D eigenvalue weighted by molar-refractivity contribution is 0.102. The van der Waals surface area contributed by atoms with E-state index in [1.165, 1.54) is 20.3 Å². The number of carbonyl (C=O) groups excluding carboxylic acids is 1. The summed E-state index contributed by atoms with van der Waals surface area (Å²) in [5, 5.41) is 2.76. The highest BCUT2D eigenvalue weighted by Crippen LogP contribution is 2.34. The predicted octanol–water partition coefficient (Wildman–Crippen LogP) is 2.53. The van der Waals surface area contributed by atoms with E-state index < -0.39 is 10.9 Å². The zero-order valence-corrected chi connectivity index (χ0v) is 14.4. The standard InChI is InChI=1S/C16H16N2O6S/c1-21-13-5-3-10(7-12(13)18-25(20)22-2)16(19)17-11-4-6-14-15(8-11)24-9-23-14/h3-8,25H,9H2,1-2H3,(H,17,19). The number of methoxy groups -OCH3 is 1. The molecule has 1 aliphatic rings. The van der Waals surface area contributed by atoms with E-state index in [0.29, 0.717) is 28.5 Å². The van der Waals surface area contributed by atoms with E-state index in [-0.39, 0.29) is 18.4 Å². The molecule has 0 spiro atoms. The van der Waals surface area contributed by atoms with Crippen LogP contribution in [0.2, 0.25) is 0 Å². The number of anilines is 1. The molecule has 1 amide bonds. The minimum absolute atomic E-state index is 0.160. The third kappa shape index (κ3) is 3.83. The summed E-state index contributed by atoms with van der Waals surface area (Å²) in [6.45, 7) is 0.160. The fourth-order valence-corrected chi connectivity index (χ4v) is 2.63. The molecule has 0 radical (unpaired) electrons. The van der Waals surface area contributed by atoms with E-state index in [1.807, 2.05) is 0 Å². The number of nitrogens with zero attached hydrogens (tertiary/aromatic N) is 1. The van der Waals surface area contributed by atoms with Crippen LogP contribution in [0.4, 0.5) is 11.4 Å². The smallest absolute Gasteiger partial charge is 0.255 e. The molecule has 132 valence electrons. The first-order valence-electron chi connectivity index (χ1n) is 7.23. The van der Waals surface area contributed by atoms with Crippen LogP contribution in [0, 0.1) is 0 Å². The number of nitrogens with one attached hydrogen (secondary N) is 1. The summed E-state index contributed by atoms with van der Waals surface area (Å²) in [5.41, 5.74) is 1.16. The van der Waals surface area contributed by atoms with E-state index in [9.17, 15) is 9.00 Å². The molecule has 1 heterocycles. The number of fused-ring (bicyclic) bond motifs is 1. The van der Waals surface area contributed by atoms with Crippen molar-refractivity contribution >= 4 is 28.2 Å². The molecule has 1 unspecified atom stereocenters. The lowest BCUT2D eigenvalue weighted by Gasteiger charge is -2.09. The van der Waals surface area contributed by atoms with Crippen LogP contribution in [0.25, 0.3) is 0 Å². The van der Waals surface area contributed by atoms with Crippen molar-refractivity contribution in [3.63, 3.8) is 0 Å². The highest BCUT2D eigenvalue weighted by Gasteiger charge is 2.15. The van der Waals surface area contributed by atoms with Crippen molar-refractivity contribution in [2.45, 2.75) is 0 Å². The fraction of sp³-hybridized carbons (Fsp3) is 0.188. The molecule has 9 heteroatoms. The zero-order chi connectivity index (χ0) is 17.8. The highest BCUT2D eigenvalue weighted by atomic mass is 32.2. The number of rotatable bonds is 5. The first-order valence-corrected chi connectivity index (χ1v) is 8.36. The van der Waals surface area contributed by atoms with Gasteiger partial charge in [-0.05, 0) is 30.3 Å². The third-order valence-corrected chi connectivity index (χ3v) is 4.11. The van der Waals surface area contributed by atoms with Gasteiger partial charge in [-0.2, -0.15) is 4.36 Å². The van der Waals surface area contributed by atoms with Gasteiger partial charge in [0.1, 0.15) is 11.4 Å². The van der Waals surface area contributed by atoms with Gasteiger partial charge in [-0.3, -0.25) is 8.98 Å². The summed E-state index contributed by atoms with van der Waals surface area (Å²) >= 11 is 0. The Balaban J connectivity index is 1.84. The van der Waals surface area contributed by atoms with Crippen molar-refractivity contribution in [2.75, 3.05) is 26.3 Å². The maximum atomic E-state index is 12.5. The molecule has 0 saturated heterocycles.